The van der Waals surface area contributed by atoms with Crippen LogP contribution in [0.15, 0.2) is 21.3 Å². The van der Waals surface area contributed by atoms with Gasteiger partial charge >= 0.3 is 6.08 Å². The van der Waals surface area contributed by atoms with Gasteiger partial charge in [-0.1, -0.05) is 13.8 Å². The molecule has 0 saturated heterocycles. The first-order valence-corrected chi connectivity index (χ1v) is 6.37. The Labute approximate surface area is 111 Å². The summed E-state index contributed by atoms with van der Waals surface area (Å²) in [5, 5.41) is 0.492. The largest absolute Gasteiger partial charge is 0.450 e. The van der Waals surface area contributed by atoms with E-state index in [1.165, 1.54) is 0 Å². The van der Waals surface area contributed by atoms with Crippen LogP contribution in [0.25, 0.3) is 11.0 Å². The van der Waals surface area contributed by atoms with Gasteiger partial charge in [-0.2, -0.15) is 0 Å². The number of ether oxygens (including phenoxy) is 1. The summed E-state index contributed by atoms with van der Waals surface area (Å²) in [5.41, 5.74) is 7.39. The van der Waals surface area contributed by atoms with Gasteiger partial charge in [0.15, 0.2) is 0 Å². The molecule has 0 amide bonds. The van der Waals surface area contributed by atoms with Crippen molar-refractivity contribution in [3.63, 3.8) is 0 Å². The van der Waals surface area contributed by atoms with Crippen molar-refractivity contribution < 1.29 is 9.15 Å². The highest BCUT2D eigenvalue weighted by atomic mass is 16.6. The monoisotopic (exact) mass is 262 g/mol. The molecule has 0 radical (unpaired) electrons. The van der Waals surface area contributed by atoms with Crippen LogP contribution in [-0.4, -0.2) is 11.6 Å². The minimum absolute atomic E-state index is 0.0129. The number of rotatable bonds is 4. The average Bonchev–Trinajstić information content (AvgIpc) is 2.26. The number of hydrogen-bond acceptors (Lipinski definition) is 5. The van der Waals surface area contributed by atoms with Crippen molar-refractivity contribution in [2.75, 3.05) is 12.3 Å². The number of nitrogens with zero attached hydrogens (tertiary/aromatic N) is 1. The SMILES string of the molecule is CCOc1nc(=O)c2c(CC(C)C)cc(N)cc2o1. The number of nitrogen functional groups attached to an aromatic ring is 1. The summed E-state index contributed by atoms with van der Waals surface area (Å²) in [5.74, 6) is 0.413. The number of hydrogen-bond donors (Lipinski definition) is 1. The van der Waals surface area contributed by atoms with Crippen LogP contribution in [0, 0.1) is 5.92 Å². The van der Waals surface area contributed by atoms with E-state index < -0.39 is 0 Å². The molecule has 1 heterocycles. The minimum atomic E-state index is -0.333. The highest BCUT2D eigenvalue weighted by Gasteiger charge is 2.13. The molecule has 0 aliphatic heterocycles. The fourth-order valence-electron chi connectivity index (χ4n) is 2.06. The van der Waals surface area contributed by atoms with Gasteiger partial charge in [0.2, 0.25) is 0 Å². The van der Waals surface area contributed by atoms with E-state index in [9.17, 15) is 4.79 Å². The second-order valence-electron chi connectivity index (χ2n) is 4.87. The Morgan fingerprint density at radius 2 is 2.16 bits per heavy atom. The Kier molecular flexibility index (Phi) is 3.74. The Hall–Kier alpha value is -2.04. The third-order valence-electron chi connectivity index (χ3n) is 2.71. The zero-order valence-electron chi connectivity index (χ0n) is 11.4. The molecule has 0 fully saturated rings. The van der Waals surface area contributed by atoms with Crippen molar-refractivity contribution in [1.82, 2.24) is 4.98 Å². The van der Waals surface area contributed by atoms with E-state index in [0.717, 1.165) is 12.0 Å². The number of anilines is 1. The van der Waals surface area contributed by atoms with Gasteiger partial charge in [-0.15, -0.1) is 4.98 Å². The van der Waals surface area contributed by atoms with Gasteiger partial charge in [-0.25, -0.2) is 0 Å². The lowest BCUT2D eigenvalue weighted by atomic mass is 9.99. The lowest BCUT2D eigenvalue weighted by Crippen LogP contribution is -2.12. The van der Waals surface area contributed by atoms with Crippen LogP contribution in [-0.2, 0) is 6.42 Å². The Balaban J connectivity index is 2.67. The summed E-state index contributed by atoms with van der Waals surface area (Å²) >= 11 is 0. The van der Waals surface area contributed by atoms with Crippen molar-refractivity contribution in [1.29, 1.82) is 0 Å². The molecule has 0 bridgehead atoms. The molecule has 1 aromatic heterocycles. The van der Waals surface area contributed by atoms with Crippen LogP contribution in [0.1, 0.15) is 26.3 Å². The summed E-state index contributed by atoms with van der Waals surface area (Å²) in [6, 6.07) is 3.44. The van der Waals surface area contributed by atoms with Crippen LogP contribution in [0.5, 0.6) is 6.08 Å². The molecule has 5 heteroatoms. The Morgan fingerprint density at radius 1 is 1.42 bits per heavy atom. The predicted molar refractivity (Wildman–Crippen MR) is 74.4 cm³/mol. The molecule has 0 aliphatic carbocycles. The standard InChI is InChI=1S/C14H18N2O3/c1-4-18-14-16-13(17)12-9(5-8(2)3)6-10(15)7-11(12)19-14/h6-8H,4-5,15H2,1-3H3. The van der Waals surface area contributed by atoms with Crippen molar-refractivity contribution >= 4 is 16.7 Å². The lowest BCUT2D eigenvalue weighted by molar-refractivity contribution is 0.243. The van der Waals surface area contributed by atoms with Gasteiger partial charge < -0.3 is 14.9 Å². The lowest BCUT2D eigenvalue weighted by Gasteiger charge is -2.09. The van der Waals surface area contributed by atoms with Crippen LogP contribution < -0.4 is 16.0 Å². The molecule has 0 aliphatic rings. The molecular formula is C14H18N2O3. The molecule has 2 N–H and O–H groups in total. The van der Waals surface area contributed by atoms with Crippen LogP contribution >= 0.6 is 0 Å². The Bertz CT molecular complexity index is 647. The predicted octanol–water partition coefficient (Wildman–Crippen LogP) is 2.37. The first-order valence-electron chi connectivity index (χ1n) is 6.37. The summed E-state index contributed by atoms with van der Waals surface area (Å²) in [4.78, 5) is 15.9. The maximum atomic E-state index is 12.1. The van der Waals surface area contributed by atoms with E-state index in [-0.39, 0.29) is 11.6 Å². The number of fused-ring (bicyclic) bond motifs is 1. The summed E-state index contributed by atoms with van der Waals surface area (Å²) in [7, 11) is 0. The van der Waals surface area contributed by atoms with Crippen LogP contribution in [0.4, 0.5) is 5.69 Å². The molecule has 102 valence electrons. The highest BCUT2D eigenvalue weighted by molar-refractivity contribution is 5.83. The minimum Gasteiger partial charge on any atom is -0.450 e. The molecular weight excluding hydrogens is 244 g/mol. The molecule has 0 spiro atoms. The van der Waals surface area contributed by atoms with E-state index in [2.05, 4.69) is 18.8 Å². The van der Waals surface area contributed by atoms with Gasteiger partial charge in [0.1, 0.15) is 5.58 Å². The van der Waals surface area contributed by atoms with Gasteiger partial charge in [0, 0.05) is 11.8 Å². The van der Waals surface area contributed by atoms with Crippen molar-refractivity contribution in [3.8, 4) is 6.08 Å². The summed E-state index contributed by atoms with van der Waals surface area (Å²) in [6.45, 7) is 6.36. The maximum absolute atomic E-state index is 12.1. The second kappa shape index (κ2) is 5.30. The van der Waals surface area contributed by atoms with E-state index in [0.29, 0.717) is 29.2 Å². The fraction of sp³-hybridized carbons (Fsp3) is 0.429. The molecule has 2 aromatic rings. The summed E-state index contributed by atoms with van der Waals surface area (Å²) in [6.07, 6.45) is 0.739. The Morgan fingerprint density at radius 3 is 2.79 bits per heavy atom. The molecule has 0 atom stereocenters. The normalized spacial score (nSPS) is 11.2. The van der Waals surface area contributed by atoms with Gasteiger partial charge in [-0.05, 0) is 30.9 Å². The molecule has 19 heavy (non-hydrogen) atoms. The zero-order chi connectivity index (χ0) is 14.0. The second-order valence-corrected chi connectivity index (χ2v) is 4.87. The van der Waals surface area contributed by atoms with Crippen LogP contribution in [0.2, 0.25) is 0 Å². The van der Waals surface area contributed by atoms with E-state index in [4.69, 9.17) is 14.9 Å². The average molecular weight is 262 g/mol. The zero-order valence-corrected chi connectivity index (χ0v) is 11.4. The molecule has 2 rings (SSSR count). The number of benzene rings is 1. The quantitative estimate of drug-likeness (QED) is 0.856. The van der Waals surface area contributed by atoms with Gasteiger partial charge in [0.25, 0.3) is 5.56 Å². The van der Waals surface area contributed by atoms with Gasteiger partial charge in [-0.3, -0.25) is 4.79 Å². The van der Waals surface area contributed by atoms with E-state index in [1.807, 2.05) is 0 Å². The van der Waals surface area contributed by atoms with Crippen molar-refractivity contribution in [3.05, 3.63) is 28.0 Å². The summed E-state index contributed by atoms with van der Waals surface area (Å²) < 4.78 is 10.6. The van der Waals surface area contributed by atoms with Crippen LogP contribution in [0.3, 0.4) is 0 Å². The third-order valence-corrected chi connectivity index (χ3v) is 2.71. The van der Waals surface area contributed by atoms with Gasteiger partial charge in [0.05, 0.1) is 12.0 Å². The van der Waals surface area contributed by atoms with E-state index >= 15 is 0 Å². The first-order chi connectivity index (χ1) is 9.01. The first kappa shape index (κ1) is 13.4. The number of aromatic nitrogens is 1. The van der Waals surface area contributed by atoms with Crippen molar-refractivity contribution in [2.24, 2.45) is 5.92 Å². The smallest absolute Gasteiger partial charge is 0.397 e. The van der Waals surface area contributed by atoms with Crippen molar-refractivity contribution in [2.45, 2.75) is 27.2 Å². The van der Waals surface area contributed by atoms with E-state index in [1.54, 1.807) is 19.1 Å². The molecule has 1 aromatic carbocycles. The molecule has 0 saturated carbocycles. The maximum Gasteiger partial charge on any atom is 0.397 e. The third kappa shape index (κ3) is 2.86. The molecule has 5 nitrogen and oxygen atoms in total. The topological polar surface area (TPSA) is 78.3 Å². The fourth-order valence-corrected chi connectivity index (χ4v) is 2.06. The molecule has 0 unspecified atom stereocenters. The highest BCUT2D eigenvalue weighted by Crippen LogP contribution is 2.24. The number of nitrogens with two attached hydrogens (primary N) is 1.